The minimum atomic E-state index is -0.727. The first kappa shape index (κ1) is 22.7. The molecule has 1 heterocycles. The summed E-state index contributed by atoms with van der Waals surface area (Å²) >= 11 is 0. The van der Waals surface area contributed by atoms with E-state index in [2.05, 4.69) is 26.1 Å². The molecule has 1 aromatic heterocycles. The summed E-state index contributed by atoms with van der Waals surface area (Å²) in [6.45, 7) is 5.80. The zero-order chi connectivity index (χ0) is 23.1. The van der Waals surface area contributed by atoms with E-state index in [9.17, 15) is 14.4 Å². The molecule has 8 heteroatoms. The summed E-state index contributed by atoms with van der Waals surface area (Å²) in [6.07, 6.45) is 2.00. The van der Waals surface area contributed by atoms with Gasteiger partial charge in [0.25, 0.3) is 11.8 Å². The number of H-pyrrole nitrogens is 1. The van der Waals surface area contributed by atoms with E-state index in [1.165, 1.54) is 6.20 Å². The van der Waals surface area contributed by atoms with Crippen LogP contribution in [0.1, 0.15) is 46.5 Å². The van der Waals surface area contributed by atoms with Crippen LogP contribution in [0.2, 0.25) is 0 Å². The van der Waals surface area contributed by atoms with E-state index in [1.807, 2.05) is 26.8 Å². The Kier molecular flexibility index (Phi) is 7.38. The second kappa shape index (κ2) is 10.4. The maximum atomic E-state index is 12.9. The maximum absolute atomic E-state index is 12.9. The number of nitrogens with zero attached hydrogens (tertiary/aromatic N) is 1. The number of aryl methyl sites for hydroxylation is 1. The third kappa shape index (κ3) is 6.04. The van der Waals surface area contributed by atoms with Gasteiger partial charge >= 0.3 is 0 Å². The molecule has 0 aliphatic rings. The van der Waals surface area contributed by atoms with Gasteiger partial charge < -0.3 is 16.0 Å². The van der Waals surface area contributed by atoms with Crippen molar-refractivity contribution in [2.45, 2.75) is 33.2 Å². The lowest BCUT2D eigenvalue weighted by Crippen LogP contribution is -2.44. The van der Waals surface area contributed by atoms with Crippen LogP contribution in [-0.2, 0) is 4.79 Å². The average molecular weight is 434 g/mol. The largest absolute Gasteiger partial charge is 0.340 e. The summed E-state index contributed by atoms with van der Waals surface area (Å²) in [5.74, 6) is -0.347. The number of hydrogen-bond donors (Lipinski definition) is 4. The van der Waals surface area contributed by atoms with Crippen molar-refractivity contribution in [3.8, 4) is 0 Å². The van der Waals surface area contributed by atoms with Crippen LogP contribution in [0.15, 0.2) is 60.8 Å². The van der Waals surface area contributed by atoms with Crippen molar-refractivity contribution in [3.05, 3.63) is 77.5 Å². The zero-order valence-electron chi connectivity index (χ0n) is 18.3. The summed E-state index contributed by atoms with van der Waals surface area (Å²) in [5.41, 5.74) is 2.23. The van der Waals surface area contributed by atoms with Gasteiger partial charge in [-0.1, -0.05) is 38.1 Å². The van der Waals surface area contributed by atoms with Gasteiger partial charge in [0.2, 0.25) is 5.91 Å². The maximum Gasteiger partial charge on any atom is 0.255 e. The normalized spacial score (nSPS) is 11.6. The van der Waals surface area contributed by atoms with Crippen molar-refractivity contribution in [2.24, 2.45) is 5.92 Å². The molecule has 3 rings (SSSR count). The molecule has 0 spiro atoms. The smallest absolute Gasteiger partial charge is 0.255 e. The van der Waals surface area contributed by atoms with Crippen LogP contribution in [-0.4, -0.2) is 34.0 Å². The molecule has 32 heavy (non-hydrogen) atoms. The van der Waals surface area contributed by atoms with E-state index in [-0.39, 0.29) is 17.7 Å². The number of rotatable bonds is 8. The molecular formula is C24H27N5O3. The van der Waals surface area contributed by atoms with E-state index in [0.29, 0.717) is 29.1 Å². The molecule has 8 nitrogen and oxygen atoms in total. The van der Waals surface area contributed by atoms with Gasteiger partial charge in [-0.2, -0.15) is 5.10 Å². The lowest BCUT2D eigenvalue weighted by Gasteiger charge is -2.20. The van der Waals surface area contributed by atoms with Crippen molar-refractivity contribution in [1.82, 2.24) is 15.5 Å². The van der Waals surface area contributed by atoms with E-state index in [0.717, 1.165) is 5.56 Å². The number of hydrogen-bond acceptors (Lipinski definition) is 4. The van der Waals surface area contributed by atoms with Gasteiger partial charge in [0.1, 0.15) is 11.9 Å². The molecule has 0 bridgehead atoms. The number of anilines is 2. The second-order valence-corrected chi connectivity index (χ2v) is 7.97. The molecule has 3 amide bonds. The predicted molar refractivity (Wildman–Crippen MR) is 124 cm³/mol. The molecule has 1 unspecified atom stereocenters. The lowest BCUT2D eigenvalue weighted by molar-refractivity contribution is -0.118. The van der Waals surface area contributed by atoms with Gasteiger partial charge in [-0.3, -0.25) is 19.5 Å². The van der Waals surface area contributed by atoms with Gasteiger partial charge in [0.05, 0.1) is 6.20 Å². The predicted octanol–water partition coefficient (Wildman–Crippen LogP) is 3.75. The third-order valence-corrected chi connectivity index (χ3v) is 4.87. The Morgan fingerprint density at radius 2 is 1.69 bits per heavy atom. The van der Waals surface area contributed by atoms with Gasteiger partial charge in [0, 0.05) is 22.9 Å². The topological polar surface area (TPSA) is 116 Å². The first-order chi connectivity index (χ1) is 15.3. The monoisotopic (exact) mass is 433 g/mol. The number of carbonyl (C=O) groups excluding carboxylic acids is 3. The van der Waals surface area contributed by atoms with Crippen LogP contribution in [0.3, 0.4) is 0 Å². The number of aromatic nitrogens is 2. The van der Waals surface area contributed by atoms with Gasteiger partial charge in [-0.15, -0.1) is 0 Å². The minimum Gasteiger partial charge on any atom is -0.340 e. The van der Waals surface area contributed by atoms with Crippen LogP contribution in [0.25, 0.3) is 0 Å². The highest BCUT2D eigenvalue weighted by molar-refractivity contribution is 6.06. The van der Waals surface area contributed by atoms with Crippen LogP contribution < -0.4 is 16.0 Å². The molecule has 4 N–H and O–H groups in total. The van der Waals surface area contributed by atoms with Crippen LogP contribution in [0.5, 0.6) is 0 Å². The fourth-order valence-electron chi connectivity index (χ4n) is 3.17. The number of aromatic amines is 1. The van der Waals surface area contributed by atoms with Crippen molar-refractivity contribution in [3.63, 3.8) is 0 Å². The van der Waals surface area contributed by atoms with E-state index in [1.54, 1.807) is 48.5 Å². The minimum absolute atomic E-state index is 0.187. The Morgan fingerprint density at radius 1 is 0.938 bits per heavy atom. The molecule has 2 aromatic carbocycles. The van der Waals surface area contributed by atoms with Crippen molar-refractivity contribution < 1.29 is 14.4 Å². The molecule has 0 aliphatic carbocycles. The fourth-order valence-corrected chi connectivity index (χ4v) is 3.17. The number of benzene rings is 2. The molecule has 166 valence electrons. The van der Waals surface area contributed by atoms with Crippen molar-refractivity contribution in [2.75, 3.05) is 10.6 Å². The molecule has 3 aromatic rings. The first-order valence-corrected chi connectivity index (χ1v) is 10.4. The summed E-state index contributed by atoms with van der Waals surface area (Å²) in [5, 5.41) is 14.9. The molecule has 1 atom stereocenters. The van der Waals surface area contributed by atoms with Gasteiger partial charge in [0.15, 0.2) is 0 Å². The first-order valence-electron chi connectivity index (χ1n) is 10.4. The van der Waals surface area contributed by atoms with Crippen LogP contribution in [0, 0.1) is 12.8 Å². The Hall–Kier alpha value is -3.94. The third-order valence-electron chi connectivity index (χ3n) is 4.87. The Balaban J connectivity index is 1.74. The van der Waals surface area contributed by atoms with E-state index in [4.69, 9.17) is 0 Å². The second-order valence-electron chi connectivity index (χ2n) is 7.97. The summed E-state index contributed by atoms with van der Waals surface area (Å²) in [4.78, 5) is 38.2. The molecule has 0 radical (unpaired) electrons. The number of carbonyl (C=O) groups is 3. The van der Waals surface area contributed by atoms with Crippen molar-refractivity contribution in [1.29, 1.82) is 0 Å². The van der Waals surface area contributed by atoms with Gasteiger partial charge in [-0.05, 0) is 49.1 Å². The van der Waals surface area contributed by atoms with Crippen molar-refractivity contribution >= 4 is 29.2 Å². The van der Waals surface area contributed by atoms with Crippen LogP contribution in [0.4, 0.5) is 11.5 Å². The zero-order valence-corrected chi connectivity index (χ0v) is 18.3. The number of amides is 3. The Labute approximate surface area is 186 Å². The molecule has 0 fully saturated rings. The Bertz CT molecular complexity index is 1080. The highest BCUT2D eigenvalue weighted by Crippen LogP contribution is 2.19. The molecule has 0 saturated carbocycles. The van der Waals surface area contributed by atoms with Crippen LogP contribution >= 0.6 is 0 Å². The quantitative estimate of drug-likeness (QED) is 0.433. The fraction of sp³-hybridized carbons (Fsp3) is 0.250. The Morgan fingerprint density at radius 3 is 2.34 bits per heavy atom. The summed E-state index contributed by atoms with van der Waals surface area (Å²) in [6, 6.07) is 14.8. The standard InChI is InChI=1S/C24H27N5O3/c1-15(2)13-20(24(32)28-21-11-12-25-29-21)27-23(31)18-10-9-16(3)19(14-18)26-22(30)17-7-5-4-6-8-17/h4-12,14-15,20H,13H2,1-3H3,(H,26,30)(H,27,31)(H2,25,28,29,32). The number of nitrogens with one attached hydrogen (secondary N) is 4. The lowest BCUT2D eigenvalue weighted by atomic mass is 10.0. The highest BCUT2D eigenvalue weighted by atomic mass is 16.2. The molecule has 0 saturated heterocycles. The summed E-state index contributed by atoms with van der Waals surface area (Å²) < 4.78 is 0. The van der Waals surface area contributed by atoms with E-state index < -0.39 is 11.9 Å². The van der Waals surface area contributed by atoms with Gasteiger partial charge in [-0.25, -0.2) is 0 Å². The highest BCUT2D eigenvalue weighted by Gasteiger charge is 2.23. The SMILES string of the molecule is Cc1ccc(C(=O)NC(CC(C)C)C(=O)Nc2ccn[nH]2)cc1NC(=O)c1ccccc1. The summed E-state index contributed by atoms with van der Waals surface area (Å²) in [7, 11) is 0. The molecule has 0 aliphatic heterocycles. The average Bonchev–Trinajstić information content (AvgIpc) is 3.28. The molecular weight excluding hydrogens is 406 g/mol. The van der Waals surface area contributed by atoms with E-state index >= 15 is 0 Å².